The van der Waals surface area contributed by atoms with Gasteiger partial charge in [0.15, 0.2) is 0 Å². The molecule has 0 unspecified atom stereocenters. The van der Waals surface area contributed by atoms with Crippen LogP contribution in [0.1, 0.15) is 0 Å². The fourth-order valence-corrected chi connectivity index (χ4v) is 4.28. The van der Waals surface area contributed by atoms with E-state index in [0.717, 1.165) is 22.2 Å². The van der Waals surface area contributed by atoms with Gasteiger partial charge in [0.25, 0.3) is 0 Å². The number of methoxy groups -OCH3 is 1. The van der Waals surface area contributed by atoms with E-state index >= 15 is 0 Å². The molecule has 0 fully saturated rings. The number of nitrogens with zero attached hydrogens (tertiary/aromatic N) is 5. The number of hydrogen-bond donors (Lipinski definition) is 2. The molecule has 4 rings (SSSR count). The fourth-order valence-electron chi connectivity index (χ4n) is 4.28. The smallest absolute Gasteiger partial charge is 0.247 e. The van der Waals surface area contributed by atoms with Crippen molar-refractivity contribution in [1.82, 2.24) is 19.4 Å². The van der Waals surface area contributed by atoms with Crippen molar-refractivity contribution in [2.24, 2.45) is 7.05 Å². The Kier molecular flexibility index (Phi) is 8.59. The Hall–Kier alpha value is -4.18. The maximum Gasteiger partial charge on any atom is 0.247 e. The number of rotatable bonds is 11. The zero-order chi connectivity index (χ0) is 29.0. The molecule has 2 aromatic heterocycles. The van der Waals surface area contributed by atoms with Crippen LogP contribution in [0.25, 0.3) is 22.2 Å². The minimum absolute atomic E-state index is 0.359. The van der Waals surface area contributed by atoms with Crippen molar-refractivity contribution in [1.29, 1.82) is 0 Å². The molecule has 0 aliphatic heterocycles. The summed E-state index contributed by atoms with van der Waals surface area (Å²) in [6.45, 7) is 4.54. The average Bonchev–Trinajstić information content (AvgIpc) is 3.27. The van der Waals surface area contributed by atoms with Crippen LogP contribution in [-0.4, -0.2) is 88.4 Å². The summed E-state index contributed by atoms with van der Waals surface area (Å²) >= 11 is 0. The maximum absolute atomic E-state index is 12.3. The standard InChI is InChI=1S/C28H30B3N7O2/c1-6-26(39)33-21-15-22(25(40-5)16-24(21)36(2)13-14-38(4)28(29,30)31)35-27-32-12-11-20(34-27)19-17-37(3)23-10-8-7-9-18(19)23/h6-12,15-17H,1,13-14H2,2-5H3,(H,33,39)(H,32,34,35). The topological polar surface area (TPSA) is 87.6 Å². The number of para-hydroxylation sites is 1. The molecule has 2 heterocycles. The van der Waals surface area contributed by atoms with E-state index in [1.165, 1.54) is 6.08 Å². The van der Waals surface area contributed by atoms with Crippen LogP contribution < -0.4 is 20.3 Å². The lowest BCUT2D eigenvalue weighted by atomic mass is 9.48. The van der Waals surface area contributed by atoms with Crippen LogP contribution in [0.15, 0.2) is 67.5 Å². The zero-order valence-corrected chi connectivity index (χ0v) is 23.2. The van der Waals surface area contributed by atoms with Gasteiger partial charge in [-0.3, -0.25) is 4.79 Å². The van der Waals surface area contributed by atoms with Crippen molar-refractivity contribution in [2.75, 3.05) is 49.8 Å². The predicted octanol–water partition coefficient (Wildman–Crippen LogP) is 3.00. The number of anilines is 4. The summed E-state index contributed by atoms with van der Waals surface area (Å²) in [5.41, 5.74) is 4.67. The average molecular weight is 529 g/mol. The third-order valence-electron chi connectivity index (χ3n) is 6.68. The van der Waals surface area contributed by atoms with Gasteiger partial charge in [-0.05, 0) is 31.3 Å². The first-order valence-electron chi connectivity index (χ1n) is 12.6. The van der Waals surface area contributed by atoms with E-state index in [1.807, 2.05) is 49.5 Å². The number of nitrogens with one attached hydrogen (secondary N) is 2. The number of aryl methyl sites for hydroxylation is 1. The first kappa shape index (κ1) is 28.8. The summed E-state index contributed by atoms with van der Waals surface area (Å²) < 4.78 is 7.77. The lowest BCUT2D eigenvalue weighted by Gasteiger charge is -2.35. The summed E-state index contributed by atoms with van der Waals surface area (Å²) in [5.74, 6) is 0.538. The zero-order valence-electron chi connectivity index (χ0n) is 23.2. The molecule has 9 nitrogen and oxygen atoms in total. The number of fused-ring (bicyclic) bond motifs is 1. The second kappa shape index (κ2) is 11.9. The van der Waals surface area contributed by atoms with Crippen molar-refractivity contribution in [2.45, 2.75) is 5.24 Å². The molecule has 0 saturated carbocycles. The fraction of sp³-hybridized carbons (Fsp3) is 0.250. The van der Waals surface area contributed by atoms with Crippen LogP contribution in [0.3, 0.4) is 0 Å². The number of ether oxygens (including phenoxy) is 1. The van der Waals surface area contributed by atoms with Crippen molar-refractivity contribution in [3.05, 3.63) is 67.5 Å². The molecule has 40 heavy (non-hydrogen) atoms. The number of likely N-dealkylation sites (N-methyl/N-ethyl adjacent to an activating group) is 2. The largest absolute Gasteiger partial charge is 0.494 e. The summed E-state index contributed by atoms with van der Waals surface area (Å²) in [4.78, 5) is 25.1. The van der Waals surface area contributed by atoms with Crippen molar-refractivity contribution in [3.8, 4) is 17.0 Å². The molecule has 0 atom stereocenters. The van der Waals surface area contributed by atoms with Gasteiger partial charge in [-0.15, -0.1) is 0 Å². The number of aromatic nitrogens is 3. The Morgan fingerprint density at radius 3 is 2.60 bits per heavy atom. The van der Waals surface area contributed by atoms with Gasteiger partial charge < -0.3 is 29.7 Å². The first-order chi connectivity index (χ1) is 19.0. The molecule has 0 saturated heterocycles. The van der Waals surface area contributed by atoms with Gasteiger partial charge in [-0.2, -0.15) is 0 Å². The lowest BCUT2D eigenvalue weighted by Crippen LogP contribution is -2.50. The van der Waals surface area contributed by atoms with Crippen LogP contribution in [0.5, 0.6) is 5.75 Å². The van der Waals surface area contributed by atoms with E-state index < -0.39 is 5.24 Å². The summed E-state index contributed by atoms with van der Waals surface area (Å²) in [6, 6.07) is 13.6. The third kappa shape index (κ3) is 6.34. The second-order valence-corrected chi connectivity index (χ2v) is 9.55. The van der Waals surface area contributed by atoms with Gasteiger partial charge in [-0.25, -0.2) is 9.97 Å². The lowest BCUT2D eigenvalue weighted by molar-refractivity contribution is -0.111. The van der Waals surface area contributed by atoms with Gasteiger partial charge in [0.05, 0.1) is 53.4 Å². The van der Waals surface area contributed by atoms with Crippen LogP contribution >= 0.6 is 0 Å². The molecule has 0 aliphatic rings. The minimum atomic E-state index is -1.45. The molecule has 2 aromatic carbocycles. The van der Waals surface area contributed by atoms with Crippen LogP contribution in [0, 0.1) is 0 Å². The number of carbonyl (C=O) groups is 1. The normalized spacial score (nSPS) is 11.4. The molecule has 0 aliphatic carbocycles. The highest BCUT2D eigenvalue weighted by Gasteiger charge is 2.19. The van der Waals surface area contributed by atoms with Gasteiger partial charge in [0.2, 0.25) is 11.9 Å². The van der Waals surface area contributed by atoms with E-state index in [4.69, 9.17) is 33.3 Å². The second-order valence-electron chi connectivity index (χ2n) is 9.55. The number of benzene rings is 2. The van der Waals surface area contributed by atoms with Crippen LogP contribution in [0.4, 0.5) is 23.0 Å². The van der Waals surface area contributed by atoms with Gasteiger partial charge in [0, 0.05) is 62.1 Å². The highest BCUT2D eigenvalue weighted by atomic mass is 16.5. The highest BCUT2D eigenvalue weighted by molar-refractivity contribution is 6.59. The SMILES string of the molecule is [B]C([B])([B])N(C)CCN(C)c1cc(OC)c(Nc2nccc(-c3cn(C)c4ccccc34)n2)cc1NC(=O)C=C. The minimum Gasteiger partial charge on any atom is -0.494 e. The molecule has 0 bridgehead atoms. The van der Waals surface area contributed by atoms with Gasteiger partial charge in [-0.1, -0.05) is 30.0 Å². The molecule has 12 heteroatoms. The molecule has 1 amide bonds. The summed E-state index contributed by atoms with van der Waals surface area (Å²) in [6.07, 6.45) is 4.95. The Labute approximate surface area is 238 Å². The number of hydrogen-bond acceptors (Lipinski definition) is 7. The first-order valence-corrected chi connectivity index (χ1v) is 12.6. The van der Waals surface area contributed by atoms with E-state index in [0.29, 0.717) is 41.8 Å². The van der Waals surface area contributed by atoms with Crippen molar-refractivity contribution >= 4 is 63.4 Å². The summed E-state index contributed by atoms with van der Waals surface area (Å²) in [7, 11) is 24.5. The molecular formula is C28H30B3N7O2. The summed E-state index contributed by atoms with van der Waals surface area (Å²) in [5, 5.41) is 5.76. The van der Waals surface area contributed by atoms with Crippen LogP contribution in [-0.2, 0) is 11.8 Å². The third-order valence-corrected chi connectivity index (χ3v) is 6.68. The van der Waals surface area contributed by atoms with E-state index in [1.54, 1.807) is 31.3 Å². The van der Waals surface area contributed by atoms with Crippen molar-refractivity contribution in [3.63, 3.8) is 0 Å². The highest BCUT2D eigenvalue weighted by Crippen LogP contribution is 2.38. The van der Waals surface area contributed by atoms with E-state index in [-0.39, 0.29) is 5.91 Å². The number of amides is 1. The Morgan fingerprint density at radius 1 is 1.15 bits per heavy atom. The Balaban J connectivity index is 1.67. The molecule has 2 N–H and O–H groups in total. The van der Waals surface area contributed by atoms with Gasteiger partial charge >= 0.3 is 0 Å². The maximum atomic E-state index is 12.3. The molecule has 4 aromatic rings. The predicted molar refractivity (Wildman–Crippen MR) is 165 cm³/mol. The van der Waals surface area contributed by atoms with E-state index in [9.17, 15) is 4.79 Å². The van der Waals surface area contributed by atoms with Crippen molar-refractivity contribution < 1.29 is 9.53 Å². The Bertz CT molecular complexity index is 1530. The van der Waals surface area contributed by atoms with E-state index in [2.05, 4.69) is 38.9 Å². The van der Waals surface area contributed by atoms with Crippen LogP contribution in [0.2, 0.25) is 0 Å². The molecular weight excluding hydrogens is 499 g/mol. The molecule has 6 radical (unpaired) electrons. The molecule has 0 spiro atoms. The monoisotopic (exact) mass is 529 g/mol. The Morgan fingerprint density at radius 2 is 1.90 bits per heavy atom. The number of carbonyl (C=O) groups excluding carboxylic acids is 1. The molecule has 198 valence electrons. The van der Waals surface area contributed by atoms with Gasteiger partial charge in [0.1, 0.15) is 5.75 Å². The quantitative estimate of drug-likeness (QED) is 0.228.